The lowest BCUT2D eigenvalue weighted by atomic mass is 9.51. The Hall–Kier alpha value is -2.79. The number of hydrogen-bond donors (Lipinski definition) is 2. The number of cyclic esters (lactones) is 1. The van der Waals surface area contributed by atoms with Gasteiger partial charge in [-0.3, -0.25) is 9.36 Å². The molecule has 3 heterocycles. The number of esters is 2. The third-order valence-corrected chi connectivity index (χ3v) is 10.3. The van der Waals surface area contributed by atoms with Crippen LogP contribution in [-0.2, 0) is 23.7 Å². The highest BCUT2D eigenvalue weighted by Crippen LogP contribution is 2.66. The zero-order valence-corrected chi connectivity index (χ0v) is 26.2. The molecule has 10 nitrogen and oxygen atoms in total. The summed E-state index contributed by atoms with van der Waals surface area (Å²) in [6, 6.07) is 3.18. The summed E-state index contributed by atoms with van der Waals surface area (Å²) in [5.41, 5.74) is -0.781. The Morgan fingerprint density at radius 3 is 2.53 bits per heavy atom. The van der Waals surface area contributed by atoms with E-state index in [1.807, 2.05) is 45.9 Å². The molecule has 2 N–H and O–H groups in total. The van der Waals surface area contributed by atoms with Crippen LogP contribution in [-0.4, -0.2) is 82.0 Å². The van der Waals surface area contributed by atoms with E-state index in [-0.39, 0.29) is 35.8 Å². The van der Waals surface area contributed by atoms with E-state index in [0.29, 0.717) is 0 Å². The van der Waals surface area contributed by atoms with E-state index < -0.39 is 71.4 Å². The maximum Gasteiger partial charge on any atom is 0.355 e. The van der Waals surface area contributed by atoms with Crippen molar-refractivity contribution in [3.63, 3.8) is 0 Å². The molecule has 4 bridgehead atoms. The van der Waals surface area contributed by atoms with Crippen molar-refractivity contribution in [2.45, 2.75) is 97.1 Å². The number of carbonyl (C=O) groups excluding carboxylic acids is 3. The average Bonchev–Trinajstić information content (AvgIpc) is 3.48. The van der Waals surface area contributed by atoms with Crippen molar-refractivity contribution in [3.8, 4) is 0 Å². The van der Waals surface area contributed by atoms with Crippen LogP contribution in [0.25, 0.3) is 0 Å². The van der Waals surface area contributed by atoms with Crippen LogP contribution in [0.4, 0.5) is 0 Å². The monoisotopic (exact) mass is 599 g/mol. The van der Waals surface area contributed by atoms with Crippen LogP contribution >= 0.6 is 0 Å². The molecule has 1 saturated heterocycles. The van der Waals surface area contributed by atoms with E-state index in [1.54, 1.807) is 39.1 Å². The number of nitrogens with zero attached hydrogens (tertiary/aromatic N) is 1. The second-order valence-electron chi connectivity index (χ2n) is 13.4. The predicted octanol–water partition coefficient (Wildman–Crippen LogP) is 3.56. The third-order valence-electron chi connectivity index (χ3n) is 10.3. The van der Waals surface area contributed by atoms with Crippen molar-refractivity contribution in [3.05, 3.63) is 47.8 Å². The lowest BCUT2D eigenvalue weighted by Crippen LogP contribution is -2.61. The molecule has 2 aliphatic carbocycles. The standard InChI is InChI=1S/C33H45NO9/c1-16(2)29(37)34-13-9-10-22(34)30(38)42-26-19(5)24(36)27-32(7)12-11-21-15-23(40-8)31(39)41-25(20(6)35)17(3)14-18(4)33(21,27)43-28(26)32/h9-14,16-17,19-21,23-28,35-36H,15H2,1-8H3/b18-14+/t17-,19-,20?,21?,23+,24-,25?,26-,27-,28+,32-,33+/m1/s1. The van der Waals surface area contributed by atoms with Gasteiger partial charge < -0.3 is 29.2 Å². The molecule has 3 unspecified atom stereocenters. The molecule has 43 heavy (non-hydrogen) atoms. The fourth-order valence-electron chi connectivity index (χ4n) is 8.10. The van der Waals surface area contributed by atoms with Crippen molar-refractivity contribution >= 4 is 17.8 Å². The van der Waals surface area contributed by atoms with Gasteiger partial charge in [0.1, 0.15) is 29.6 Å². The summed E-state index contributed by atoms with van der Waals surface area (Å²) in [6.07, 6.45) is 2.78. The molecular weight excluding hydrogens is 554 g/mol. The van der Waals surface area contributed by atoms with Crippen LogP contribution in [0.15, 0.2) is 42.1 Å². The summed E-state index contributed by atoms with van der Waals surface area (Å²) in [7, 11) is 1.45. The summed E-state index contributed by atoms with van der Waals surface area (Å²) < 4.78 is 25.9. The van der Waals surface area contributed by atoms with E-state index in [1.165, 1.54) is 11.7 Å². The Bertz CT molecular complexity index is 1330. The first kappa shape index (κ1) is 31.6. The second-order valence-corrected chi connectivity index (χ2v) is 13.4. The molecule has 2 fully saturated rings. The molecular formula is C33H45NO9. The number of methoxy groups -OCH3 is 1. The van der Waals surface area contributed by atoms with Crippen molar-refractivity contribution < 1.29 is 43.5 Å². The number of rotatable bonds is 5. The van der Waals surface area contributed by atoms with E-state index in [4.69, 9.17) is 18.9 Å². The summed E-state index contributed by atoms with van der Waals surface area (Å²) in [5.74, 6) is -3.42. The number of aromatic nitrogens is 1. The summed E-state index contributed by atoms with van der Waals surface area (Å²) in [6.45, 7) is 12.8. The van der Waals surface area contributed by atoms with E-state index in [0.717, 1.165) is 5.57 Å². The van der Waals surface area contributed by atoms with Crippen molar-refractivity contribution in [1.82, 2.24) is 4.57 Å². The first-order valence-electron chi connectivity index (χ1n) is 15.3. The van der Waals surface area contributed by atoms with Crippen LogP contribution in [0.5, 0.6) is 0 Å². The average molecular weight is 600 g/mol. The van der Waals surface area contributed by atoms with Gasteiger partial charge in [-0.25, -0.2) is 9.59 Å². The number of aliphatic hydroxyl groups excluding tert-OH is 2. The molecule has 1 spiro atoms. The molecule has 12 atom stereocenters. The third kappa shape index (κ3) is 4.81. The largest absolute Gasteiger partial charge is 0.457 e. The normalized spacial score (nSPS) is 42.4. The topological polar surface area (TPSA) is 134 Å². The lowest BCUT2D eigenvalue weighted by molar-refractivity contribution is -0.172. The van der Waals surface area contributed by atoms with Crippen molar-refractivity contribution in [2.75, 3.05) is 7.11 Å². The van der Waals surface area contributed by atoms with Crippen LogP contribution in [0.3, 0.4) is 0 Å². The molecule has 0 aromatic carbocycles. The molecule has 5 rings (SSSR count). The highest BCUT2D eigenvalue weighted by atomic mass is 16.6. The summed E-state index contributed by atoms with van der Waals surface area (Å²) >= 11 is 0. The number of ether oxygens (including phenoxy) is 4. The van der Waals surface area contributed by atoms with Gasteiger partial charge in [0.05, 0.1) is 12.2 Å². The Balaban J connectivity index is 1.58. The first-order valence-corrected chi connectivity index (χ1v) is 15.3. The van der Waals surface area contributed by atoms with Gasteiger partial charge in [0.25, 0.3) is 0 Å². The Morgan fingerprint density at radius 1 is 1.21 bits per heavy atom. The fourth-order valence-corrected chi connectivity index (χ4v) is 8.10. The maximum atomic E-state index is 13.6. The van der Waals surface area contributed by atoms with Gasteiger partial charge in [-0.2, -0.15) is 0 Å². The molecule has 0 amide bonds. The predicted molar refractivity (Wildman–Crippen MR) is 156 cm³/mol. The van der Waals surface area contributed by atoms with Gasteiger partial charge in [-0.05, 0) is 38.0 Å². The van der Waals surface area contributed by atoms with Gasteiger partial charge >= 0.3 is 11.9 Å². The maximum absolute atomic E-state index is 13.6. The molecule has 1 aromatic heterocycles. The SMILES string of the molecule is CO[C@H]1CC2C=C[C@]3(C)[C@H]4[C@H](O)[C@@H](C)[C@@H](OC(=O)c5cccn5C(=O)C(C)C)[C@@H]3O[C@@]24/C(C)=C/[C@@H](C)C(C(C)O)OC1=O. The molecule has 10 heteroatoms. The van der Waals surface area contributed by atoms with E-state index >= 15 is 0 Å². The molecule has 1 saturated carbocycles. The summed E-state index contributed by atoms with van der Waals surface area (Å²) in [4.78, 5) is 39.6. The van der Waals surface area contributed by atoms with Crippen LogP contribution in [0.2, 0.25) is 0 Å². The highest BCUT2D eigenvalue weighted by Gasteiger charge is 2.73. The molecule has 0 radical (unpaired) electrons. The first-order chi connectivity index (χ1) is 20.2. The van der Waals surface area contributed by atoms with E-state index in [9.17, 15) is 24.6 Å². The minimum absolute atomic E-state index is 0.120. The van der Waals surface area contributed by atoms with Crippen molar-refractivity contribution in [1.29, 1.82) is 0 Å². The second kappa shape index (κ2) is 11.3. The zero-order chi connectivity index (χ0) is 31.6. The molecule has 236 valence electrons. The van der Waals surface area contributed by atoms with Crippen molar-refractivity contribution in [2.24, 2.45) is 35.0 Å². The Kier molecular flexibility index (Phi) is 8.30. The smallest absolute Gasteiger partial charge is 0.355 e. The van der Waals surface area contributed by atoms with Crippen LogP contribution in [0.1, 0.15) is 70.2 Å². The van der Waals surface area contributed by atoms with Crippen LogP contribution in [0, 0.1) is 35.0 Å². The van der Waals surface area contributed by atoms with Gasteiger partial charge in [0.15, 0.2) is 6.10 Å². The van der Waals surface area contributed by atoms with Gasteiger partial charge in [-0.1, -0.05) is 52.8 Å². The van der Waals surface area contributed by atoms with Gasteiger partial charge in [0.2, 0.25) is 5.91 Å². The van der Waals surface area contributed by atoms with Gasteiger partial charge in [0, 0.05) is 48.3 Å². The highest BCUT2D eigenvalue weighted by molar-refractivity contribution is 5.94. The Labute approximate surface area is 253 Å². The Morgan fingerprint density at radius 2 is 1.91 bits per heavy atom. The molecule has 4 aliphatic rings. The number of aliphatic hydroxyl groups is 2. The quantitative estimate of drug-likeness (QED) is 0.385. The minimum atomic E-state index is -1.04. The molecule has 2 aliphatic heterocycles. The van der Waals surface area contributed by atoms with Crippen LogP contribution < -0.4 is 0 Å². The van der Waals surface area contributed by atoms with E-state index in [2.05, 4.69) is 0 Å². The number of carbonyl (C=O) groups is 3. The van der Waals surface area contributed by atoms with Gasteiger partial charge in [-0.15, -0.1) is 0 Å². The molecule has 1 aromatic rings. The fraction of sp³-hybridized carbons (Fsp3) is 0.667. The summed E-state index contributed by atoms with van der Waals surface area (Å²) in [5, 5.41) is 22.5. The number of hydrogen-bond acceptors (Lipinski definition) is 9. The zero-order valence-electron chi connectivity index (χ0n) is 26.2. The lowest BCUT2D eigenvalue weighted by Gasteiger charge is -2.53. The minimum Gasteiger partial charge on any atom is -0.457 e.